The molecular formula is C23H20FN5OS. The van der Waals surface area contributed by atoms with E-state index in [1.807, 2.05) is 47.8 Å². The number of hydrogen-bond acceptors (Lipinski definition) is 5. The van der Waals surface area contributed by atoms with E-state index in [9.17, 15) is 9.18 Å². The molecule has 1 aliphatic rings. The number of benzene rings is 2. The molecule has 4 aromatic rings. The molecule has 1 amide bonds. The lowest BCUT2D eigenvalue weighted by atomic mass is 10.2. The normalized spacial score (nSPS) is 15.9. The van der Waals surface area contributed by atoms with Gasteiger partial charge in [0, 0.05) is 24.8 Å². The predicted octanol–water partition coefficient (Wildman–Crippen LogP) is 4.46. The lowest BCUT2D eigenvalue weighted by Gasteiger charge is -2.16. The standard InChI is InChI=1S/C23H20FN5OS/c24-16-8-10-19(11-9-16)29-22(20-7-4-14-31-20)26-21(27-29)23(30)28-13-12-18(15-28)25-17-5-2-1-3-6-17/h1-11,14,18,25H,12-13,15H2. The summed E-state index contributed by atoms with van der Waals surface area (Å²) < 4.78 is 15.0. The Bertz CT molecular complexity index is 1170. The van der Waals surface area contributed by atoms with Crippen LogP contribution in [0.4, 0.5) is 10.1 Å². The Morgan fingerprint density at radius 3 is 2.61 bits per heavy atom. The number of aromatic nitrogens is 3. The Labute approximate surface area is 183 Å². The molecule has 0 bridgehead atoms. The van der Waals surface area contributed by atoms with Crippen molar-refractivity contribution in [3.8, 4) is 16.4 Å². The van der Waals surface area contributed by atoms with Crippen LogP contribution in [0.5, 0.6) is 0 Å². The molecule has 1 aliphatic heterocycles. The van der Waals surface area contributed by atoms with Gasteiger partial charge in [0.1, 0.15) is 5.82 Å². The van der Waals surface area contributed by atoms with Crippen LogP contribution in [0.15, 0.2) is 72.1 Å². The minimum Gasteiger partial charge on any atom is -0.380 e. The molecule has 1 saturated heterocycles. The molecule has 1 N–H and O–H groups in total. The summed E-state index contributed by atoms with van der Waals surface area (Å²) in [7, 11) is 0. The van der Waals surface area contributed by atoms with Gasteiger partial charge >= 0.3 is 0 Å². The number of carbonyl (C=O) groups is 1. The Balaban J connectivity index is 1.39. The third-order valence-corrected chi connectivity index (χ3v) is 6.10. The topological polar surface area (TPSA) is 63.1 Å². The summed E-state index contributed by atoms with van der Waals surface area (Å²) in [5, 5.41) is 9.92. The maximum atomic E-state index is 13.4. The molecule has 1 unspecified atom stereocenters. The average molecular weight is 434 g/mol. The first-order valence-electron chi connectivity index (χ1n) is 10.0. The van der Waals surface area contributed by atoms with Crippen LogP contribution < -0.4 is 5.32 Å². The average Bonchev–Trinajstić information content (AvgIpc) is 3.55. The van der Waals surface area contributed by atoms with Crippen molar-refractivity contribution in [2.24, 2.45) is 0 Å². The number of hydrogen-bond donors (Lipinski definition) is 1. The van der Waals surface area contributed by atoms with E-state index in [1.165, 1.54) is 23.5 Å². The van der Waals surface area contributed by atoms with Crippen LogP contribution in [0.2, 0.25) is 0 Å². The van der Waals surface area contributed by atoms with Crippen molar-refractivity contribution in [3.63, 3.8) is 0 Å². The van der Waals surface area contributed by atoms with Crippen molar-refractivity contribution < 1.29 is 9.18 Å². The number of rotatable bonds is 5. The minimum absolute atomic E-state index is 0.146. The van der Waals surface area contributed by atoms with E-state index in [0.29, 0.717) is 24.6 Å². The number of nitrogens with one attached hydrogen (secondary N) is 1. The van der Waals surface area contributed by atoms with Crippen molar-refractivity contribution in [2.75, 3.05) is 18.4 Å². The third-order valence-electron chi connectivity index (χ3n) is 5.23. The van der Waals surface area contributed by atoms with Crippen LogP contribution >= 0.6 is 11.3 Å². The lowest BCUT2D eigenvalue weighted by Crippen LogP contribution is -2.32. The summed E-state index contributed by atoms with van der Waals surface area (Å²) in [4.78, 5) is 20.4. The van der Waals surface area contributed by atoms with Gasteiger partial charge in [0.15, 0.2) is 5.82 Å². The molecule has 1 fully saturated rings. The number of likely N-dealkylation sites (tertiary alicyclic amines) is 1. The first kappa shape index (κ1) is 19.4. The number of halogens is 1. The van der Waals surface area contributed by atoms with Crippen LogP contribution in [-0.4, -0.2) is 44.7 Å². The Morgan fingerprint density at radius 1 is 1.06 bits per heavy atom. The lowest BCUT2D eigenvalue weighted by molar-refractivity contribution is 0.0779. The number of amides is 1. The van der Waals surface area contributed by atoms with E-state index in [2.05, 4.69) is 15.4 Å². The minimum atomic E-state index is -0.327. The Kier molecular flexibility index (Phi) is 5.21. The van der Waals surface area contributed by atoms with Crippen molar-refractivity contribution >= 4 is 22.9 Å². The number of thiophene rings is 1. The molecule has 0 aliphatic carbocycles. The quantitative estimate of drug-likeness (QED) is 0.505. The molecule has 5 rings (SSSR count). The van der Waals surface area contributed by atoms with Gasteiger partial charge in [-0.3, -0.25) is 4.79 Å². The molecule has 156 valence electrons. The van der Waals surface area contributed by atoms with Crippen LogP contribution in [0.25, 0.3) is 16.4 Å². The highest BCUT2D eigenvalue weighted by Gasteiger charge is 2.30. The van der Waals surface area contributed by atoms with Crippen LogP contribution in [0, 0.1) is 5.82 Å². The Morgan fingerprint density at radius 2 is 1.87 bits per heavy atom. The number of carbonyl (C=O) groups excluding carboxylic acids is 1. The summed E-state index contributed by atoms with van der Waals surface area (Å²) in [6.45, 7) is 1.23. The second kappa shape index (κ2) is 8.31. The second-order valence-electron chi connectivity index (χ2n) is 7.37. The zero-order valence-corrected chi connectivity index (χ0v) is 17.4. The molecule has 6 nitrogen and oxygen atoms in total. The fraction of sp³-hybridized carbons (Fsp3) is 0.174. The molecule has 1 atom stereocenters. The molecule has 2 aromatic heterocycles. The molecule has 0 saturated carbocycles. The van der Waals surface area contributed by atoms with Crippen molar-refractivity contribution in [1.82, 2.24) is 19.7 Å². The molecule has 31 heavy (non-hydrogen) atoms. The summed E-state index contributed by atoms with van der Waals surface area (Å²) in [5.74, 6) is 0.194. The van der Waals surface area contributed by atoms with Gasteiger partial charge in [0.25, 0.3) is 5.91 Å². The first-order valence-corrected chi connectivity index (χ1v) is 10.9. The summed E-state index contributed by atoms with van der Waals surface area (Å²) in [6, 6.07) is 20.0. The smallest absolute Gasteiger partial charge is 0.293 e. The van der Waals surface area contributed by atoms with Gasteiger partial charge in [-0.1, -0.05) is 24.3 Å². The number of anilines is 1. The van der Waals surface area contributed by atoms with Gasteiger partial charge in [-0.2, -0.15) is 0 Å². The monoisotopic (exact) mass is 433 g/mol. The number of nitrogens with zero attached hydrogens (tertiary/aromatic N) is 4. The fourth-order valence-electron chi connectivity index (χ4n) is 3.70. The van der Waals surface area contributed by atoms with Gasteiger partial charge in [0.2, 0.25) is 5.82 Å². The second-order valence-corrected chi connectivity index (χ2v) is 8.32. The zero-order valence-electron chi connectivity index (χ0n) is 16.6. The maximum Gasteiger partial charge on any atom is 0.293 e. The highest BCUT2D eigenvalue weighted by molar-refractivity contribution is 7.13. The van der Waals surface area contributed by atoms with Crippen molar-refractivity contribution in [3.05, 3.63) is 83.8 Å². The van der Waals surface area contributed by atoms with Crippen LogP contribution in [-0.2, 0) is 0 Å². The Hall–Kier alpha value is -3.52. The highest BCUT2D eigenvalue weighted by Crippen LogP contribution is 2.26. The van der Waals surface area contributed by atoms with Gasteiger partial charge in [-0.15, -0.1) is 16.4 Å². The first-order chi connectivity index (χ1) is 15.2. The van der Waals surface area contributed by atoms with Crippen LogP contribution in [0.3, 0.4) is 0 Å². The summed E-state index contributed by atoms with van der Waals surface area (Å²) in [5.41, 5.74) is 1.70. The van der Waals surface area contributed by atoms with E-state index >= 15 is 0 Å². The van der Waals surface area contributed by atoms with Crippen molar-refractivity contribution in [1.29, 1.82) is 0 Å². The van der Waals surface area contributed by atoms with E-state index in [4.69, 9.17) is 0 Å². The molecule has 3 heterocycles. The molecule has 0 radical (unpaired) electrons. The third kappa shape index (κ3) is 4.06. The number of para-hydroxylation sites is 1. The summed E-state index contributed by atoms with van der Waals surface area (Å²) >= 11 is 1.51. The molecule has 2 aromatic carbocycles. The molecule has 8 heteroatoms. The van der Waals surface area contributed by atoms with Gasteiger partial charge < -0.3 is 10.2 Å². The van der Waals surface area contributed by atoms with E-state index in [-0.39, 0.29) is 23.6 Å². The van der Waals surface area contributed by atoms with Gasteiger partial charge in [-0.25, -0.2) is 14.1 Å². The highest BCUT2D eigenvalue weighted by atomic mass is 32.1. The van der Waals surface area contributed by atoms with Crippen molar-refractivity contribution in [2.45, 2.75) is 12.5 Å². The van der Waals surface area contributed by atoms with E-state index in [0.717, 1.165) is 17.0 Å². The van der Waals surface area contributed by atoms with Crippen LogP contribution in [0.1, 0.15) is 17.0 Å². The SMILES string of the molecule is O=C(c1nc(-c2cccs2)n(-c2ccc(F)cc2)n1)N1CCC(Nc2ccccc2)C1. The predicted molar refractivity (Wildman–Crippen MR) is 119 cm³/mol. The molecular weight excluding hydrogens is 413 g/mol. The maximum absolute atomic E-state index is 13.4. The largest absolute Gasteiger partial charge is 0.380 e. The van der Waals surface area contributed by atoms with E-state index in [1.54, 1.807) is 21.7 Å². The fourth-order valence-corrected chi connectivity index (χ4v) is 4.40. The molecule has 0 spiro atoms. The van der Waals surface area contributed by atoms with Gasteiger partial charge in [0.05, 0.1) is 10.6 Å². The van der Waals surface area contributed by atoms with Gasteiger partial charge in [-0.05, 0) is 54.3 Å². The van der Waals surface area contributed by atoms with E-state index < -0.39 is 0 Å². The summed E-state index contributed by atoms with van der Waals surface area (Å²) in [6.07, 6.45) is 0.858. The zero-order chi connectivity index (χ0) is 21.2.